The number of halogens is 1. The fraction of sp³-hybridized carbons (Fsp3) is 1.00. The maximum atomic E-state index is 6.26. The molecule has 18 heavy (non-hydrogen) atoms. The van der Waals surface area contributed by atoms with Crippen LogP contribution in [0.2, 0.25) is 12.1 Å². The third kappa shape index (κ3) is 6.11. The zero-order valence-corrected chi connectivity index (χ0v) is 14.7. The Morgan fingerprint density at radius 3 is 1.44 bits per heavy atom. The second-order valence-electron chi connectivity index (χ2n) is 3.55. The van der Waals surface area contributed by atoms with E-state index < -0.39 is 16.7 Å². The lowest BCUT2D eigenvalue weighted by Gasteiger charge is -2.30. The summed E-state index contributed by atoms with van der Waals surface area (Å²) in [7, 11) is -2.15. The van der Waals surface area contributed by atoms with Crippen LogP contribution in [0.1, 0.15) is 20.8 Å². The van der Waals surface area contributed by atoms with E-state index in [0.29, 0.717) is 31.9 Å². The van der Waals surface area contributed by atoms with Gasteiger partial charge in [0, 0.05) is 46.1 Å². The highest BCUT2D eigenvalue weighted by Gasteiger charge is 2.45. The third-order valence-electron chi connectivity index (χ3n) is 2.43. The van der Waals surface area contributed by atoms with Crippen molar-refractivity contribution in [2.75, 3.05) is 34.0 Å². The van der Waals surface area contributed by atoms with Crippen molar-refractivity contribution in [3.63, 3.8) is 0 Å². The van der Waals surface area contributed by atoms with Gasteiger partial charge < -0.3 is 22.1 Å². The van der Waals surface area contributed by atoms with Gasteiger partial charge in [-0.05, 0) is 20.8 Å². The molecular formula is C10H25ClO5Si2. The van der Waals surface area contributed by atoms with Gasteiger partial charge in [0.2, 0.25) is 0 Å². The predicted molar refractivity (Wildman–Crippen MR) is 75.9 cm³/mol. The van der Waals surface area contributed by atoms with Crippen LogP contribution in [0.4, 0.5) is 0 Å². The molecule has 0 spiro atoms. The van der Waals surface area contributed by atoms with Crippen molar-refractivity contribution in [2.24, 2.45) is 0 Å². The van der Waals surface area contributed by atoms with Crippen molar-refractivity contribution < 1.29 is 22.1 Å². The van der Waals surface area contributed by atoms with E-state index in [1.807, 2.05) is 20.8 Å². The fourth-order valence-electron chi connectivity index (χ4n) is 1.59. The van der Waals surface area contributed by atoms with Gasteiger partial charge >= 0.3 is 16.7 Å². The molecule has 8 heteroatoms. The first-order valence-electron chi connectivity index (χ1n) is 6.22. The minimum absolute atomic E-state index is 0.559. The van der Waals surface area contributed by atoms with Crippen LogP contribution in [0.25, 0.3) is 0 Å². The Bertz CT molecular complexity index is 199. The van der Waals surface area contributed by atoms with Crippen LogP contribution in [0.15, 0.2) is 0 Å². The monoisotopic (exact) mass is 316 g/mol. The summed E-state index contributed by atoms with van der Waals surface area (Å²) in [5.74, 6) is 0. The fourth-order valence-corrected chi connectivity index (χ4v) is 7.44. The molecule has 110 valence electrons. The predicted octanol–water partition coefficient (Wildman–Crippen LogP) is 2.51. The highest BCUT2D eigenvalue weighted by Crippen LogP contribution is 2.26. The summed E-state index contributed by atoms with van der Waals surface area (Å²) in [5, 5.41) is 0. The largest absolute Gasteiger partial charge is 0.500 e. The van der Waals surface area contributed by atoms with Crippen LogP contribution in [-0.2, 0) is 22.1 Å². The molecule has 0 amide bonds. The van der Waals surface area contributed by atoms with Crippen LogP contribution < -0.4 is 0 Å². The Morgan fingerprint density at radius 1 is 0.778 bits per heavy atom. The molecule has 0 bridgehead atoms. The van der Waals surface area contributed by atoms with Gasteiger partial charge in [-0.3, -0.25) is 0 Å². The number of hydrogen-bond donors (Lipinski definition) is 0. The SMILES string of the molecule is CCO[Si](CC[Si](Cl)(OC)OC)(OCC)OCC. The lowest BCUT2D eigenvalue weighted by atomic mass is 10.9. The highest BCUT2D eigenvalue weighted by molar-refractivity contribution is 7.13. The van der Waals surface area contributed by atoms with E-state index in [0.717, 1.165) is 0 Å². The molecule has 0 N–H and O–H groups in total. The Balaban J connectivity index is 4.64. The quantitative estimate of drug-likeness (QED) is 0.433. The molecule has 0 aromatic heterocycles. The Kier molecular flexibility index (Phi) is 9.71. The maximum Gasteiger partial charge on any atom is 0.500 e. The van der Waals surface area contributed by atoms with Crippen molar-refractivity contribution in [1.82, 2.24) is 0 Å². The van der Waals surface area contributed by atoms with Crippen molar-refractivity contribution >= 4 is 27.8 Å². The van der Waals surface area contributed by atoms with Gasteiger partial charge in [0.25, 0.3) is 0 Å². The smallest absolute Gasteiger partial charge is 0.386 e. The molecule has 5 nitrogen and oxygen atoms in total. The topological polar surface area (TPSA) is 46.2 Å². The van der Waals surface area contributed by atoms with E-state index >= 15 is 0 Å². The normalized spacial score (nSPS) is 13.0. The summed E-state index contributed by atoms with van der Waals surface area (Å²) in [5.41, 5.74) is 0. The first kappa shape index (κ1) is 18.5. The van der Waals surface area contributed by atoms with Gasteiger partial charge in [-0.15, -0.1) is 0 Å². The van der Waals surface area contributed by atoms with E-state index in [-0.39, 0.29) is 0 Å². The van der Waals surface area contributed by atoms with Crippen LogP contribution >= 0.6 is 11.1 Å². The van der Waals surface area contributed by atoms with Gasteiger partial charge in [-0.25, -0.2) is 0 Å². The second kappa shape index (κ2) is 9.43. The van der Waals surface area contributed by atoms with Crippen LogP contribution in [0.5, 0.6) is 0 Å². The van der Waals surface area contributed by atoms with Gasteiger partial charge in [0.15, 0.2) is 0 Å². The van der Waals surface area contributed by atoms with Crippen molar-refractivity contribution in [2.45, 2.75) is 32.9 Å². The van der Waals surface area contributed by atoms with E-state index in [2.05, 4.69) is 0 Å². The molecule has 0 unspecified atom stereocenters. The molecule has 0 aliphatic heterocycles. The van der Waals surface area contributed by atoms with Gasteiger partial charge in [-0.1, -0.05) is 11.1 Å². The third-order valence-corrected chi connectivity index (χ3v) is 9.54. The van der Waals surface area contributed by atoms with E-state index in [9.17, 15) is 0 Å². The molecule has 0 aromatic carbocycles. The lowest BCUT2D eigenvalue weighted by molar-refractivity contribution is 0.0718. The lowest BCUT2D eigenvalue weighted by Crippen LogP contribution is -2.48. The van der Waals surface area contributed by atoms with Gasteiger partial charge in [0.05, 0.1) is 0 Å². The molecule has 0 aliphatic rings. The minimum Gasteiger partial charge on any atom is -0.386 e. The summed E-state index contributed by atoms with van der Waals surface area (Å²) in [6.45, 7) is 7.46. The van der Waals surface area contributed by atoms with Crippen LogP contribution in [-0.4, -0.2) is 50.7 Å². The summed E-state index contributed by atoms with van der Waals surface area (Å²) in [4.78, 5) is 0. The van der Waals surface area contributed by atoms with Crippen molar-refractivity contribution in [1.29, 1.82) is 0 Å². The summed E-state index contributed by atoms with van der Waals surface area (Å²) in [6, 6.07) is 1.19. The Labute approximate surface area is 117 Å². The molecule has 0 heterocycles. The summed E-state index contributed by atoms with van der Waals surface area (Å²) >= 11 is 6.26. The zero-order valence-electron chi connectivity index (χ0n) is 12.0. The Morgan fingerprint density at radius 2 is 1.17 bits per heavy atom. The minimum atomic E-state index is -2.65. The van der Waals surface area contributed by atoms with Gasteiger partial charge in [0.1, 0.15) is 0 Å². The Hall–Kier alpha value is 0.524. The molecule has 0 rings (SSSR count). The molecule has 0 saturated heterocycles. The molecule has 0 saturated carbocycles. The van der Waals surface area contributed by atoms with Crippen LogP contribution in [0.3, 0.4) is 0 Å². The summed E-state index contributed by atoms with van der Waals surface area (Å²) in [6.07, 6.45) is 0. The van der Waals surface area contributed by atoms with Gasteiger partial charge in [-0.2, -0.15) is 0 Å². The van der Waals surface area contributed by atoms with Crippen molar-refractivity contribution in [3.05, 3.63) is 0 Å². The van der Waals surface area contributed by atoms with Crippen molar-refractivity contribution in [3.8, 4) is 0 Å². The molecule has 0 aromatic rings. The second-order valence-corrected chi connectivity index (χ2v) is 10.6. The maximum absolute atomic E-state index is 6.26. The average Bonchev–Trinajstić information content (AvgIpc) is 2.37. The molecule has 0 aliphatic carbocycles. The first-order valence-corrected chi connectivity index (χ1v) is 11.2. The molecular weight excluding hydrogens is 292 g/mol. The van der Waals surface area contributed by atoms with E-state index in [1.54, 1.807) is 14.2 Å². The number of rotatable bonds is 11. The highest BCUT2D eigenvalue weighted by atomic mass is 35.6. The molecule has 0 radical (unpaired) electrons. The van der Waals surface area contributed by atoms with Crippen LogP contribution in [0, 0.1) is 0 Å². The standard InChI is InChI=1S/C10H25ClO5Si2/c1-6-14-18(15-7-2,16-8-3)10-9-17(11,12-4)13-5/h6-10H2,1-5H3. The summed E-state index contributed by atoms with van der Waals surface area (Å²) < 4.78 is 27.7. The average molecular weight is 317 g/mol. The molecule has 0 fully saturated rings. The van der Waals surface area contributed by atoms with E-state index in [1.165, 1.54) is 0 Å². The first-order chi connectivity index (χ1) is 8.51. The number of hydrogen-bond acceptors (Lipinski definition) is 5. The molecule has 0 atom stereocenters. The van der Waals surface area contributed by atoms with E-state index in [4.69, 9.17) is 33.2 Å². The zero-order chi connectivity index (χ0) is 14.1.